The molecule has 0 spiro atoms. The van der Waals surface area contributed by atoms with Gasteiger partial charge in [0.05, 0.1) is 5.60 Å². The third kappa shape index (κ3) is 2.39. The van der Waals surface area contributed by atoms with E-state index in [9.17, 15) is 5.11 Å². The Kier molecular flexibility index (Phi) is 3.57. The fourth-order valence-electron chi connectivity index (χ4n) is 3.93. The Morgan fingerprint density at radius 1 is 0.882 bits per heavy atom. The van der Waals surface area contributed by atoms with Crippen molar-refractivity contribution in [1.29, 1.82) is 0 Å². The molecule has 0 heterocycles. The molecule has 0 aliphatic heterocycles. The molecule has 17 heavy (non-hydrogen) atoms. The van der Waals surface area contributed by atoms with Gasteiger partial charge in [0.15, 0.2) is 0 Å². The maximum atomic E-state index is 11.0. The van der Waals surface area contributed by atoms with Crippen LogP contribution in [0.5, 0.6) is 0 Å². The van der Waals surface area contributed by atoms with Gasteiger partial charge in [0.2, 0.25) is 0 Å². The van der Waals surface area contributed by atoms with E-state index in [0.717, 1.165) is 25.7 Å². The molecule has 2 fully saturated rings. The molecule has 2 aliphatic carbocycles. The first kappa shape index (κ1) is 13.4. The second-order valence-corrected chi connectivity index (χ2v) is 7.24. The van der Waals surface area contributed by atoms with E-state index in [1.165, 1.54) is 32.1 Å². The third-order valence-corrected chi connectivity index (χ3v) is 5.62. The minimum atomic E-state index is -0.462. The zero-order valence-corrected chi connectivity index (χ0v) is 11.6. The van der Waals surface area contributed by atoms with Gasteiger partial charge in [-0.1, -0.05) is 33.1 Å². The van der Waals surface area contributed by atoms with Crippen LogP contribution in [-0.4, -0.2) is 17.3 Å². The van der Waals surface area contributed by atoms with E-state index in [0.29, 0.717) is 12.0 Å². The van der Waals surface area contributed by atoms with E-state index in [2.05, 4.69) is 13.8 Å². The molecule has 2 rings (SSSR count). The first-order valence-electron chi connectivity index (χ1n) is 7.36. The highest BCUT2D eigenvalue weighted by Gasteiger charge is 2.51. The van der Waals surface area contributed by atoms with Gasteiger partial charge >= 0.3 is 0 Å². The van der Waals surface area contributed by atoms with Crippen molar-refractivity contribution in [3.05, 3.63) is 0 Å². The molecule has 0 aromatic rings. The van der Waals surface area contributed by atoms with E-state index in [1.807, 2.05) is 0 Å². The van der Waals surface area contributed by atoms with Gasteiger partial charge < -0.3 is 10.8 Å². The van der Waals surface area contributed by atoms with Gasteiger partial charge in [0, 0.05) is 12.0 Å². The van der Waals surface area contributed by atoms with Crippen LogP contribution in [0.25, 0.3) is 0 Å². The third-order valence-electron chi connectivity index (χ3n) is 5.62. The minimum absolute atomic E-state index is 0.0168. The van der Waals surface area contributed by atoms with Crippen molar-refractivity contribution in [3.63, 3.8) is 0 Å². The van der Waals surface area contributed by atoms with Gasteiger partial charge in [-0.2, -0.15) is 0 Å². The van der Waals surface area contributed by atoms with Gasteiger partial charge in [-0.25, -0.2) is 0 Å². The number of hydrogen-bond acceptors (Lipinski definition) is 2. The van der Waals surface area contributed by atoms with Crippen LogP contribution in [0.1, 0.15) is 71.6 Å². The van der Waals surface area contributed by atoms with E-state index < -0.39 is 5.60 Å². The molecule has 100 valence electrons. The Morgan fingerprint density at radius 2 is 1.41 bits per heavy atom. The number of rotatable bonds is 2. The summed E-state index contributed by atoms with van der Waals surface area (Å²) in [6.07, 6.45) is 10.3. The van der Waals surface area contributed by atoms with Crippen molar-refractivity contribution in [2.75, 3.05) is 6.54 Å². The number of nitrogens with two attached hydrogens (primary N) is 1. The summed E-state index contributed by atoms with van der Waals surface area (Å²) in [5, 5.41) is 11.0. The van der Waals surface area contributed by atoms with E-state index in [-0.39, 0.29) is 5.41 Å². The molecule has 0 atom stereocenters. The quantitative estimate of drug-likeness (QED) is 0.777. The van der Waals surface area contributed by atoms with Gasteiger partial charge in [0.25, 0.3) is 0 Å². The predicted molar refractivity (Wildman–Crippen MR) is 71.8 cm³/mol. The number of hydrogen-bond donors (Lipinski definition) is 2. The standard InChI is InChI=1S/C15H29NO/c1-13(2)8-10-14(12-16,11-9-13)15(17)6-4-3-5-7-15/h17H,3-12,16H2,1-2H3. The van der Waals surface area contributed by atoms with Crippen LogP contribution in [0.2, 0.25) is 0 Å². The Labute approximate surface area is 106 Å². The summed E-state index contributed by atoms with van der Waals surface area (Å²) in [6, 6.07) is 0. The normalized spacial score (nSPS) is 31.1. The van der Waals surface area contributed by atoms with Crippen molar-refractivity contribution >= 4 is 0 Å². The van der Waals surface area contributed by atoms with Crippen molar-refractivity contribution in [3.8, 4) is 0 Å². The minimum Gasteiger partial charge on any atom is -0.389 e. The smallest absolute Gasteiger partial charge is 0.0715 e. The zero-order chi connectivity index (χ0) is 12.6. The van der Waals surface area contributed by atoms with E-state index in [1.54, 1.807) is 0 Å². The maximum Gasteiger partial charge on any atom is 0.0715 e. The lowest BCUT2D eigenvalue weighted by atomic mass is 9.55. The van der Waals surface area contributed by atoms with Crippen molar-refractivity contribution in [2.24, 2.45) is 16.6 Å². The second kappa shape index (κ2) is 4.55. The summed E-state index contributed by atoms with van der Waals surface area (Å²) < 4.78 is 0. The van der Waals surface area contributed by atoms with Gasteiger partial charge in [-0.3, -0.25) is 0 Å². The summed E-state index contributed by atoms with van der Waals surface area (Å²) in [4.78, 5) is 0. The summed E-state index contributed by atoms with van der Waals surface area (Å²) in [6.45, 7) is 5.36. The van der Waals surface area contributed by atoms with Crippen molar-refractivity contribution in [2.45, 2.75) is 77.2 Å². The van der Waals surface area contributed by atoms with E-state index >= 15 is 0 Å². The Morgan fingerprint density at radius 3 is 1.88 bits per heavy atom. The molecule has 2 nitrogen and oxygen atoms in total. The van der Waals surface area contributed by atoms with Gasteiger partial charge in [-0.15, -0.1) is 0 Å². The second-order valence-electron chi connectivity index (χ2n) is 7.24. The lowest BCUT2D eigenvalue weighted by Gasteiger charge is -2.53. The van der Waals surface area contributed by atoms with Crippen LogP contribution < -0.4 is 5.73 Å². The summed E-state index contributed by atoms with van der Waals surface area (Å²) in [7, 11) is 0. The average Bonchev–Trinajstić information content (AvgIpc) is 2.30. The van der Waals surface area contributed by atoms with Crippen LogP contribution >= 0.6 is 0 Å². The molecule has 0 saturated heterocycles. The Bertz CT molecular complexity index is 256. The molecule has 0 amide bonds. The van der Waals surface area contributed by atoms with E-state index in [4.69, 9.17) is 5.73 Å². The highest BCUT2D eigenvalue weighted by Crippen LogP contribution is 2.54. The predicted octanol–water partition coefficient (Wildman–Crippen LogP) is 3.23. The van der Waals surface area contributed by atoms with Gasteiger partial charge in [0.1, 0.15) is 0 Å². The van der Waals surface area contributed by atoms with Crippen molar-refractivity contribution in [1.82, 2.24) is 0 Å². The lowest BCUT2D eigenvalue weighted by Crippen LogP contribution is -2.55. The molecular formula is C15H29NO. The molecule has 0 bridgehead atoms. The molecule has 0 aromatic heterocycles. The molecule has 2 saturated carbocycles. The first-order valence-corrected chi connectivity index (χ1v) is 7.36. The van der Waals surface area contributed by atoms with Crippen LogP contribution in [0.3, 0.4) is 0 Å². The lowest BCUT2D eigenvalue weighted by molar-refractivity contribution is -0.132. The molecule has 2 heteroatoms. The fraction of sp³-hybridized carbons (Fsp3) is 1.00. The molecule has 0 aromatic carbocycles. The maximum absolute atomic E-state index is 11.0. The van der Waals surface area contributed by atoms with Crippen LogP contribution in [-0.2, 0) is 0 Å². The van der Waals surface area contributed by atoms with Gasteiger partial charge in [-0.05, 0) is 43.9 Å². The summed E-state index contributed by atoms with van der Waals surface area (Å²) >= 11 is 0. The SMILES string of the molecule is CC1(C)CCC(CN)(C2(O)CCCCC2)CC1. The highest BCUT2D eigenvalue weighted by molar-refractivity contribution is 5.04. The Balaban J connectivity index is 2.14. The molecule has 3 N–H and O–H groups in total. The fourth-order valence-corrected chi connectivity index (χ4v) is 3.93. The monoisotopic (exact) mass is 239 g/mol. The average molecular weight is 239 g/mol. The Hall–Kier alpha value is -0.0800. The molecule has 0 unspecified atom stereocenters. The van der Waals surface area contributed by atoms with Crippen molar-refractivity contribution < 1.29 is 5.11 Å². The van der Waals surface area contributed by atoms with Crippen LogP contribution in [0.15, 0.2) is 0 Å². The molecule has 2 aliphatic rings. The first-order chi connectivity index (χ1) is 7.93. The molecular weight excluding hydrogens is 210 g/mol. The van der Waals surface area contributed by atoms with Crippen LogP contribution in [0, 0.1) is 10.8 Å². The number of aliphatic hydroxyl groups is 1. The molecule has 0 radical (unpaired) electrons. The van der Waals surface area contributed by atoms with Crippen LogP contribution in [0.4, 0.5) is 0 Å². The highest BCUT2D eigenvalue weighted by atomic mass is 16.3. The largest absolute Gasteiger partial charge is 0.389 e. The summed E-state index contributed by atoms with van der Waals surface area (Å²) in [5.41, 5.74) is 6.09. The summed E-state index contributed by atoms with van der Waals surface area (Å²) in [5.74, 6) is 0. The topological polar surface area (TPSA) is 46.2 Å². The zero-order valence-electron chi connectivity index (χ0n) is 11.6.